The van der Waals surface area contributed by atoms with E-state index in [-0.39, 0.29) is 0 Å². The van der Waals surface area contributed by atoms with Crippen LogP contribution in [0, 0.1) is 6.92 Å². The molecule has 0 aliphatic heterocycles. The van der Waals surface area contributed by atoms with E-state index in [0.717, 1.165) is 44.9 Å². The number of rotatable bonds is 7. The second kappa shape index (κ2) is 9.10. The summed E-state index contributed by atoms with van der Waals surface area (Å²) in [7, 11) is 0. The summed E-state index contributed by atoms with van der Waals surface area (Å²) in [5, 5.41) is 17.2. The van der Waals surface area contributed by atoms with Gasteiger partial charge in [-0.25, -0.2) is 0 Å². The van der Waals surface area contributed by atoms with Crippen LogP contribution in [0.2, 0.25) is 0 Å². The summed E-state index contributed by atoms with van der Waals surface area (Å²) < 4.78 is 5.71. The Morgan fingerprint density at radius 1 is 0.757 bits per heavy atom. The molecule has 0 saturated heterocycles. The molecule has 1 aromatic heterocycles. The standard InChI is InChI=1S/C32H26N2O3/c1-21-29(33-28-17-13-25(14-18-28)22-5-3-2-4-6-22)30(37-34-21)26-9-7-23(8-10-26)24-11-15-27(16-12-24)32(19-20-32)31(35)36/h2-18,33H,19-20H2,1H3,(H,35,36). The molecule has 5 heteroatoms. The van der Waals surface area contributed by atoms with Crippen LogP contribution in [-0.2, 0) is 10.2 Å². The van der Waals surface area contributed by atoms with Crippen molar-refractivity contribution in [3.05, 3.63) is 114 Å². The average molecular weight is 487 g/mol. The largest absolute Gasteiger partial charge is 0.481 e. The van der Waals surface area contributed by atoms with Gasteiger partial charge in [-0.1, -0.05) is 96.2 Å². The molecule has 182 valence electrons. The minimum Gasteiger partial charge on any atom is -0.481 e. The fourth-order valence-electron chi connectivity index (χ4n) is 4.78. The molecule has 1 heterocycles. The molecule has 1 aliphatic rings. The third-order valence-electron chi connectivity index (χ3n) is 7.20. The van der Waals surface area contributed by atoms with Crippen LogP contribution in [0.1, 0.15) is 24.1 Å². The Kier molecular flexibility index (Phi) is 5.61. The van der Waals surface area contributed by atoms with Gasteiger partial charge in [0.25, 0.3) is 0 Å². The number of benzene rings is 4. The summed E-state index contributed by atoms with van der Waals surface area (Å²) in [6, 6.07) is 34.6. The molecule has 0 bridgehead atoms. The monoisotopic (exact) mass is 486 g/mol. The van der Waals surface area contributed by atoms with Crippen molar-refractivity contribution in [1.29, 1.82) is 0 Å². The van der Waals surface area contributed by atoms with Crippen molar-refractivity contribution in [1.82, 2.24) is 5.16 Å². The van der Waals surface area contributed by atoms with Gasteiger partial charge in [0.05, 0.1) is 5.41 Å². The first-order chi connectivity index (χ1) is 18.0. The summed E-state index contributed by atoms with van der Waals surface area (Å²) in [6.07, 6.45) is 1.42. The third kappa shape index (κ3) is 4.29. The Morgan fingerprint density at radius 3 is 1.84 bits per heavy atom. The summed E-state index contributed by atoms with van der Waals surface area (Å²) in [6.45, 7) is 1.92. The summed E-state index contributed by atoms with van der Waals surface area (Å²) in [4.78, 5) is 11.6. The molecule has 1 aliphatic carbocycles. The number of carboxylic acids is 1. The molecule has 0 radical (unpaired) electrons. The van der Waals surface area contributed by atoms with Crippen LogP contribution in [0.4, 0.5) is 11.4 Å². The van der Waals surface area contributed by atoms with E-state index in [1.54, 1.807) is 0 Å². The zero-order valence-corrected chi connectivity index (χ0v) is 20.4. The van der Waals surface area contributed by atoms with Crippen molar-refractivity contribution >= 4 is 17.3 Å². The smallest absolute Gasteiger partial charge is 0.314 e. The third-order valence-corrected chi connectivity index (χ3v) is 7.20. The Balaban J connectivity index is 1.21. The zero-order valence-electron chi connectivity index (χ0n) is 20.4. The highest BCUT2D eigenvalue weighted by Gasteiger charge is 2.51. The number of carboxylic acid groups (broad SMARTS) is 1. The molecule has 1 fully saturated rings. The van der Waals surface area contributed by atoms with Gasteiger partial charge in [0.1, 0.15) is 11.4 Å². The van der Waals surface area contributed by atoms with Gasteiger partial charge in [-0.2, -0.15) is 0 Å². The molecule has 1 saturated carbocycles. The lowest BCUT2D eigenvalue weighted by atomic mass is 9.93. The average Bonchev–Trinajstić information content (AvgIpc) is 3.69. The number of carbonyl (C=O) groups is 1. The van der Waals surface area contributed by atoms with Crippen LogP contribution in [0.3, 0.4) is 0 Å². The first-order valence-corrected chi connectivity index (χ1v) is 12.4. The van der Waals surface area contributed by atoms with E-state index in [1.807, 2.05) is 73.7 Å². The maximum atomic E-state index is 11.6. The Morgan fingerprint density at radius 2 is 1.27 bits per heavy atom. The van der Waals surface area contributed by atoms with Gasteiger partial charge in [-0.3, -0.25) is 4.79 Å². The van der Waals surface area contributed by atoms with E-state index in [4.69, 9.17) is 4.52 Å². The summed E-state index contributed by atoms with van der Waals surface area (Å²) >= 11 is 0. The van der Waals surface area contributed by atoms with Gasteiger partial charge in [-0.15, -0.1) is 0 Å². The topological polar surface area (TPSA) is 75.4 Å². The predicted molar refractivity (Wildman–Crippen MR) is 146 cm³/mol. The predicted octanol–water partition coefficient (Wildman–Crippen LogP) is 7.84. The van der Waals surface area contributed by atoms with Crippen LogP contribution in [0.25, 0.3) is 33.6 Å². The molecule has 5 aromatic rings. The lowest BCUT2D eigenvalue weighted by molar-refractivity contribution is -0.140. The van der Waals surface area contributed by atoms with Gasteiger partial charge < -0.3 is 14.9 Å². The number of aliphatic carboxylic acids is 1. The highest BCUT2D eigenvalue weighted by Crippen LogP contribution is 2.48. The lowest BCUT2D eigenvalue weighted by Crippen LogP contribution is -2.19. The van der Waals surface area contributed by atoms with Crippen molar-refractivity contribution < 1.29 is 14.4 Å². The Labute approximate surface area is 215 Å². The molecule has 6 rings (SSSR count). The number of anilines is 2. The molecule has 2 N–H and O–H groups in total. The van der Waals surface area contributed by atoms with E-state index < -0.39 is 11.4 Å². The van der Waals surface area contributed by atoms with Crippen molar-refractivity contribution in [2.24, 2.45) is 0 Å². The van der Waals surface area contributed by atoms with Crippen LogP contribution >= 0.6 is 0 Å². The van der Waals surface area contributed by atoms with Crippen molar-refractivity contribution in [3.63, 3.8) is 0 Å². The van der Waals surface area contributed by atoms with E-state index in [2.05, 4.69) is 46.9 Å². The molecule has 0 atom stereocenters. The maximum Gasteiger partial charge on any atom is 0.314 e. The van der Waals surface area contributed by atoms with Crippen LogP contribution < -0.4 is 5.32 Å². The number of aromatic nitrogens is 1. The second-order valence-electron chi connectivity index (χ2n) is 9.58. The fraction of sp³-hybridized carbons (Fsp3) is 0.125. The number of aryl methyl sites for hydroxylation is 1. The van der Waals surface area contributed by atoms with Crippen molar-refractivity contribution in [2.75, 3.05) is 5.32 Å². The molecular weight excluding hydrogens is 460 g/mol. The molecular formula is C32H26N2O3. The minimum atomic E-state index is -0.733. The molecule has 0 unspecified atom stereocenters. The van der Waals surface area contributed by atoms with Gasteiger partial charge in [0.15, 0.2) is 5.76 Å². The van der Waals surface area contributed by atoms with Crippen molar-refractivity contribution in [2.45, 2.75) is 25.2 Å². The number of hydrogen-bond acceptors (Lipinski definition) is 4. The van der Waals surface area contributed by atoms with Gasteiger partial charge in [0.2, 0.25) is 0 Å². The van der Waals surface area contributed by atoms with Gasteiger partial charge in [-0.05, 0) is 59.7 Å². The van der Waals surface area contributed by atoms with Crippen LogP contribution in [-0.4, -0.2) is 16.2 Å². The van der Waals surface area contributed by atoms with E-state index >= 15 is 0 Å². The molecule has 0 spiro atoms. The second-order valence-corrected chi connectivity index (χ2v) is 9.58. The molecule has 5 nitrogen and oxygen atoms in total. The lowest BCUT2D eigenvalue weighted by Gasteiger charge is -2.11. The maximum absolute atomic E-state index is 11.6. The Hall–Kier alpha value is -4.64. The summed E-state index contributed by atoms with van der Waals surface area (Å²) in [5.41, 5.74) is 8.14. The van der Waals surface area contributed by atoms with E-state index in [1.165, 1.54) is 5.56 Å². The molecule has 0 amide bonds. The van der Waals surface area contributed by atoms with Crippen LogP contribution in [0.5, 0.6) is 0 Å². The van der Waals surface area contributed by atoms with E-state index in [9.17, 15) is 9.90 Å². The molecule has 4 aromatic carbocycles. The number of nitrogens with one attached hydrogen (secondary N) is 1. The van der Waals surface area contributed by atoms with Crippen LogP contribution in [0.15, 0.2) is 108 Å². The molecule has 37 heavy (non-hydrogen) atoms. The van der Waals surface area contributed by atoms with Gasteiger partial charge in [0, 0.05) is 11.3 Å². The highest BCUT2D eigenvalue weighted by atomic mass is 16.5. The van der Waals surface area contributed by atoms with E-state index in [0.29, 0.717) is 18.6 Å². The first-order valence-electron chi connectivity index (χ1n) is 12.4. The SMILES string of the molecule is Cc1noc(-c2ccc(-c3ccc(C4(C(=O)O)CC4)cc3)cc2)c1Nc1ccc(-c2ccccc2)cc1. The first kappa shape index (κ1) is 22.8. The highest BCUT2D eigenvalue weighted by molar-refractivity contribution is 5.85. The van der Waals surface area contributed by atoms with Gasteiger partial charge >= 0.3 is 5.97 Å². The zero-order chi connectivity index (χ0) is 25.4. The quantitative estimate of drug-likeness (QED) is 0.245. The number of hydrogen-bond donors (Lipinski definition) is 2. The summed E-state index contributed by atoms with van der Waals surface area (Å²) in [5.74, 6) is -0.0489. The fourth-order valence-corrected chi connectivity index (χ4v) is 4.78. The normalized spacial score (nSPS) is 13.8. The van der Waals surface area contributed by atoms with Crippen molar-refractivity contribution in [3.8, 4) is 33.6 Å². The number of nitrogens with zero attached hydrogens (tertiary/aromatic N) is 1. The minimum absolute atomic E-state index is 0.683. The Bertz CT molecular complexity index is 1550.